The second kappa shape index (κ2) is 8.25. The smallest absolute Gasteiger partial charge is 0.420 e. The molecule has 0 radical (unpaired) electrons. The Bertz CT molecular complexity index is 610. The number of nitrogens with zero attached hydrogens (tertiary/aromatic N) is 1. The molecule has 1 rings (SSSR count). The number of halogens is 3. The van der Waals surface area contributed by atoms with E-state index in [-0.39, 0.29) is 18.2 Å². The van der Waals surface area contributed by atoms with Gasteiger partial charge in [0.2, 0.25) is 0 Å². The molecule has 0 aliphatic carbocycles. The van der Waals surface area contributed by atoms with Gasteiger partial charge in [0.1, 0.15) is 5.75 Å². The Kier molecular flexibility index (Phi) is 7.11. The molecule has 0 amide bonds. The molecule has 0 aliphatic rings. The number of anilines is 1. The van der Waals surface area contributed by atoms with E-state index < -0.39 is 19.8 Å². The third-order valence-electron chi connectivity index (χ3n) is 4.03. The number of benzene rings is 1. The normalized spacial score (nSPS) is 12.2. The van der Waals surface area contributed by atoms with Crippen molar-refractivity contribution in [3.8, 4) is 5.75 Å². The second-order valence-corrected chi connectivity index (χ2v) is 13.1. The van der Waals surface area contributed by atoms with Crippen molar-refractivity contribution in [3.63, 3.8) is 0 Å². The van der Waals surface area contributed by atoms with Gasteiger partial charge in [-0.2, -0.15) is 13.2 Å². The van der Waals surface area contributed by atoms with Crippen LogP contribution >= 0.6 is 0 Å². The molecule has 0 aromatic heterocycles. The fraction of sp³-hybridized carbons (Fsp3) is 0.611. The van der Waals surface area contributed by atoms with Crippen molar-refractivity contribution in [2.24, 2.45) is 0 Å². The fourth-order valence-corrected chi connectivity index (χ4v) is 3.74. The van der Waals surface area contributed by atoms with E-state index in [2.05, 4.69) is 19.6 Å². The number of hydrogen-bond donors (Lipinski definition) is 1. The Morgan fingerprint density at radius 1 is 1.24 bits per heavy atom. The molecule has 0 unspecified atom stereocenters. The highest BCUT2D eigenvalue weighted by Gasteiger charge is 2.35. The maximum Gasteiger partial charge on any atom is 0.420 e. The molecule has 0 heterocycles. The standard InChI is InChI=1S/C18H29F3N2OSi/c1-7-17(22)23(3)15-12-14(18(19,20)21)16(11-13(15)2)24-9-8-10-25(4,5)6/h11-12,22H,7-10H2,1-6H3. The summed E-state index contributed by atoms with van der Waals surface area (Å²) in [5, 5.41) is 7.87. The molecule has 0 saturated heterocycles. The van der Waals surface area contributed by atoms with Crippen molar-refractivity contribution in [1.82, 2.24) is 0 Å². The summed E-state index contributed by atoms with van der Waals surface area (Å²) < 4.78 is 45.9. The number of alkyl halides is 3. The van der Waals surface area contributed by atoms with Crippen LogP contribution in [0.4, 0.5) is 18.9 Å². The summed E-state index contributed by atoms with van der Waals surface area (Å²) in [4.78, 5) is 1.49. The van der Waals surface area contributed by atoms with E-state index in [1.807, 2.05) is 0 Å². The Hall–Kier alpha value is -1.50. The first-order valence-corrected chi connectivity index (χ1v) is 12.2. The molecule has 3 nitrogen and oxygen atoms in total. The van der Waals surface area contributed by atoms with Crippen LogP contribution in [0.2, 0.25) is 25.7 Å². The van der Waals surface area contributed by atoms with Crippen molar-refractivity contribution >= 4 is 19.6 Å². The van der Waals surface area contributed by atoms with Gasteiger partial charge in [-0.1, -0.05) is 32.6 Å². The number of ether oxygens (including phenoxy) is 1. The third-order valence-corrected chi connectivity index (χ3v) is 5.89. The molecule has 0 saturated carbocycles. The molecule has 1 aromatic rings. The first-order valence-electron chi connectivity index (χ1n) is 8.52. The Balaban J connectivity index is 3.09. The highest BCUT2D eigenvalue weighted by Crippen LogP contribution is 2.40. The molecule has 142 valence electrons. The van der Waals surface area contributed by atoms with E-state index in [4.69, 9.17) is 10.1 Å². The SMILES string of the molecule is CCC(=N)N(C)c1cc(C(F)(F)F)c(OCCC[Si](C)(C)C)cc1C. The van der Waals surface area contributed by atoms with E-state index >= 15 is 0 Å². The summed E-state index contributed by atoms with van der Waals surface area (Å²) in [5.74, 6) is 0.140. The first kappa shape index (κ1) is 21.5. The van der Waals surface area contributed by atoms with Crippen molar-refractivity contribution < 1.29 is 17.9 Å². The lowest BCUT2D eigenvalue weighted by atomic mass is 10.1. The summed E-state index contributed by atoms with van der Waals surface area (Å²) in [6.45, 7) is 10.5. The highest BCUT2D eigenvalue weighted by atomic mass is 28.3. The lowest BCUT2D eigenvalue weighted by molar-refractivity contribution is -0.138. The number of aryl methyl sites for hydroxylation is 1. The average Bonchev–Trinajstić information content (AvgIpc) is 2.48. The molecule has 0 spiro atoms. The Labute approximate surface area is 149 Å². The van der Waals surface area contributed by atoms with E-state index in [9.17, 15) is 13.2 Å². The molecule has 1 N–H and O–H groups in total. The van der Waals surface area contributed by atoms with Crippen LogP contribution in [0.25, 0.3) is 0 Å². The summed E-state index contributed by atoms with van der Waals surface area (Å²) in [6.07, 6.45) is -3.29. The average molecular weight is 375 g/mol. The van der Waals surface area contributed by atoms with Crippen LogP contribution in [0.3, 0.4) is 0 Å². The first-order chi connectivity index (χ1) is 11.4. The quantitative estimate of drug-likeness (QED) is 0.277. The van der Waals surface area contributed by atoms with Gasteiger partial charge in [0.05, 0.1) is 18.0 Å². The van der Waals surface area contributed by atoms with Crippen molar-refractivity contribution in [3.05, 3.63) is 23.3 Å². The van der Waals surface area contributed by atoms with Crippen LogP contribution in [0.5, 0.6) is 5.75 Å². The Morgan fingerprint density at radius 3 is 2.32 bits per heavy atom. The summed E-state index contributed by atoms with van der Waals surface area (Å²) >= 11 is 0. The monoisotopic (exact) mass is 374 g/mol. The molecule has 25 heavy (non-hydrogen) atoms. The van der Waals surface area contributed by atoms with Crippen LogP contribution in [0.1, 0.15) is 30.9 Å². The molecule has 0 bridgehead atoms. The number of hydrogen-bond acceptors (Lipinski definition) is 2. The van der Waals surface area contributed by atoms with Crippen LogP contribution in [0.15, 0.2) is 12.1 Å². The Morgan fingerprint density at radius 2 is 1.84 bits per heavy atom. The largest absolute Gasteiger partial charge is 0.493 e. The minimum atomic E-state index is -4.49. The summed E-state index contributed by atoms with van der Waals surface area (Å²) in [5.41, 5.74) is 0.263. The molecule has 1 aromatic carbocycles. The minimum Gasteiger partial charge on any atom is -0.493 e. The lowest BCUT2D eigenvalue weighted by Gasteiger charge is -2.24. The number of rotatable bonds is 7. The van der Waals surface area contributed by atoms with Crippen LogP contribution in [-0.2, 0) is 6.18 Å². The van der Waals surface area contributed by atoms with E-state index in [0.29, 0.717) is 17.7 Å². The zero-order chi connectivity index (χ0) is 19.4. The fourth-order valence-electron chi connectivity index (χ4n) is 2.54. The molecular formula is C18H29F3N2OSi. The highest BCUT2D eigenvalue weighted by molar-refractivity contribution is 6.76. The molecular weight excluding hydrogens is 345 g/mol. The zero-order valence-corrected chi connectivity index (χ0v) is 17.0. The zero-order valence-electron chi connectivity index (χ0n) is 16.0. The van der Waals surface area contributed by atoms with Gasteiger partial charge in [0, 0.05) is 27.2 Å². The van der Waals surface area contributed by atoms with Gasteiger partial charge in [0.15, 0.2) is 0 Å². The van der Waals surface area contributed by atoms with Gasteiger partial charge in [-0.05, 0) is 31.0 Å². The molecule has 0 fully saturated rings. The van der Waals surface area contributed by atoms with Crippen LogP contribution in [0, 0.1) is 12.3 Å². The predicted molar refractivity (Wildman–Crippen MR) is 101 cm³/mol. The van der Waals surface area contributed by atoms with Gasteiger partial charge in [-0.3, -0.25) is 5.41 Å². The maximum atomic E-state index is 13.5. The minimum absolute atomic E-state index is 0.124. The van der Waals surface area contributed by atoms with Gasteiger partial charge >= 0.3 is 6.18 Å². The molecule has 7 heteroatoms. The van der Waals surface area contributed by atoms with E-state index in [1.165, 1.54) is 11.0 Å². The summed E-state index contributed by atoms with van der Waals surface area (Å²) in [7, 11) is 0.384. The van der Waals surface area contributed by atoms with Gasteiger partial charge in [0.25, 0.3) is 0 Å². The van der Waals surface area contributed by atoms with Crippen LogP contribution in [-0.4, -0.2) is 27.6 Å². The number of amidine groups is 1. The maximum absolute atomic E-state index is 13.5. The van der Waals surface area contributed by atoms with Crippen molar-refractivity contribution in [1.29, 1.82) is 5.41 Å². The van der Waals surface area contributed by atoms with E-state index in [1.54, 1.807) is 20.9 Å². The van der Waals surface area contributed by atoms with Gasteiger partial charge in [-0.25, -0.2) is 0 Å². The van der Waals surface area contributed by atoms with E-state index in [0.717, 1.165) is 18.5 Å². The topological polar surface area (TPSA) is 36.3 Å². The van der Waals surface area contributed by atoms with Crippen LogP contribution < -0.4 is 9.64 Å². The second-order valence-electron chi connectivity index (χ2n) is 7.50. The van der Waals surface area contributed by atoms with Gasteiger partial charge in [-0.15, -0.1) is 0 Å². The van der Waals surface area contributed by atoms with Crippen molar-refractivity contribution in [2.75, 3.05) is 18.6 Å². The summed E-state index contributed by atoms with van der Waals surface area (Å²) in [6, 6.07) is 3.54. The van der Waals surface area contributed by atoms with Crippen molar-refractivity contribution in [2.45, 2.75) is 58.6 Å². The lowest BCUT2D eigenvalue weighted by Crippen LogP contribution is -2.26. The number of nitrogens with one attached hydrogen (secondary N) is 1. The predicted octanol–water partition coefficient (Wildman–Crippen LogP) is 5.94. The third kappa shape index (κ3) is 6.38. The van der Waals surface area contributed by atoms with Gasteiger partial charge < -0.3 is 9.64 Å². The molecule has 0 aliphatic heterocycles. The molecule has 0 atom stereocenters.